The molecule has 0 spiro atoms. The zero-order valence-electron chi connectivity index (χ0n) is 11.0. The average Bonchev–Trinajstić information content (AvgIpc) is 2.27. The van der Waals surface area contributed by atoms with Gasteiger partial charge in [-0.25, -0.2) is 4.79 Å². The van der Waals surface area contributed by atoms with Crippen LogP contribution in [-0.4, -0.2) is 29.1 Å². The van der Waals surface area contributed by atoms with Crippen molar-refractivity contribution in [2.45, 2.75) is 26.3 Å². The molecule has 1 aromatic carbocycles. The number of aryl methyl sites for hydroxylation is 1. The molecule has 0 saturated heterocycles. The lowest BCUT2D eigenvalue weighted by Crippen LogP contribution is -2.51. The van der Waals surface area contributed by atoms with E-state index in [1.165, 1.54) is 13.8 Å². The van der Waals surface area contributed by atoms with E-state index in [-0.39, 0.29) is 6.61 Å². The predicted molar refractivity (Wildman–Crippen MR) is 71.5 cm³/mol. The average molecular weight is 286 g/mol. The Kier molecular flexibility index (Phi) is 4.78. The molecule has 0 saturated carbocycles. The Morgan fingerprint density at radius 1 is 1.42 bits per heavy atom. The van der Waals surface area contributed by atoms with Crippen LogP contribution in [0.3, 0.4) is 0 Å². The van der Waals surface area contributed by atoms with Crippen LogP contribution in [0.15, 0.2) is 18.2 Å². The van der Waals surface area contributed by atoms with Crippen molar-refractivity contribution in [3.8, 4) is 5.75 Å². The molecule has 0 fully saturated rings. The van der Waals surface area contributed by atoms with Crippen molar-refractivity contribution < 1.29 is 19.4 Å². The summed E-state index contributed by atoms with van der Waals surface area (Å²) < 4.78 is 5.32. The van der Waals surface area contributed by atoms with E-state index in [1.807, 2.05) is 0 Å². The van der Waals surface area contributed by atoms with E-state index in [2.05, 4.69) is 5.32 Å². The first kappa shape index (κ1) is 15.3. The first-order chi connectivity index (χ1) is 8.72. The van der Waals surface area contributed by atoms with Gasteiger partial charge in [0.1, 0.15) is 11.3 Å². The molecule has 0 unspecified atom stereocenters. The standard InChI is InChI=1S/C13H16ClNO4/c1-8-6-9(14)4-5-10(8)19-7-11(16)15-13(2,3)12(17)18/h4-6H,7H2,1-3H3,(H,15,16)(H,17,18). The van der Waals surface area contributed by atoms with Gasteiger partial charge in [-0.3, -0.25) is 4.79 Å². The van der Waals surface area contributed by atoms with Crippen molar-refractivity contribution in [1.82, 2.24) is 5.32 Å². The molecule has 104 valence electrons. The molecule has 1 aromatic rings. The first-order valence-corrected chi connectivity index (χ1v) is 6.03. The summed E-state index contributed by atoms with van der Waals surface area (Å²) in [5.41, 5.74) is -0.520. The topological polar surface area (TPSA) is 75.6 Å². The molecule has 0 aromatic heterocycles. The second-order valence-electron chi connectivity index (χ2n) is 4.68. The molecule has 19 heavy (non-hydrogen) atoms. The maximum absolute atomic E-state index is 11.6. The van der Waals surface area contributed by atoms with Crippen molar-refractivity contribution in [2.75, 3.05) is 6.61 Å². The minimum Gasteiger partial charge on any atom is -0.484 e. The van der Waals surface area contributed by atoms with Crippen LogP contribution >= 0.6 is 11.6 Å². The smallest absolute Gasteiger partial charge is 0.328 e. The molecule has 2 N–H and O–H groups in total. The zero-order valence-corrected chi connectivity index (χ0v) is 11.7. The molecular weight excluding hydrogens is 270 g/mol. The molecule has 5 nitrogen and oxygen atoms in total. The highest BCUT2D eigenvalue weighted by atomic mass is 35.5. The molecule has 0 heterocycles. The summed E-state index contributed by atoms with van der Waals surface area (Å²) in [7, 11) is 0. The SMILES string of the molecule is Cc1cc(Cl)ccc1OCC(=O)NC(C)(C)C(=O)O. The van der Waals surface area contributed by atoms with E-state index >= 15 is 0 Å². The molecular formula is C13H16ClNO4. The first-order valence-electron chi connectivity index (χ1n) is 5.66. The van der Waals surface area contributed by atoms with E-state index in [0.717, 1.165) is 5.56 Å². The molecule has 1 amide bonds. The van der Waals surface area contributed by atoms with Crippen LogP contribution < -0.4 is 10.1 Å². The molecule has 0 bridgehead atoms. The number of rotatable bonds is 5. The summed E-state index contributed by atoms with van der Waals surface area (Å²) in [4.78, 5) is 22.4. The Labute approximate surface area is 116 Å². The van der Waals surface area contributed by atoms with Gasteiger partial charge in [0.15, 0.2) is 6.61 Å². The normalized spacial score (nSPS) is 10.9. The molecule has 1 rings (SSSR count). The molecule has 0 atom stereocenters. The third-order valence-corrected chi connectivity index (χ3v) is 2.72. The second kappa shape index (κ2) is 5.93. The maximum Gasteiger partial charge on any atom is 0.328 e. The van der Waals surface area contributed by atoms with Gasteiger partial charge in [-0.1, -0.05) is 11.6 Å². The maximum atomic E-state index is 11.6. The van der Waals surface area contributed by atoms with Crippen LogP contribution in [-0.2, 0) is 9.59 Å². The minimum atomic E-state index is -1.32. The summed E-state index contributed by atoms with van der Waals surface area (Å²) >= 11 is 5.80. The lowest BCUT2D eigenvalue weighted by Gasteiger charge is -2.21. The van der Waals surface area contributed by atoms with E-state index in [4.69, 9.17) is 21.4 Å². The molecule has 0 aliphatic carbocycles. The third-order valence-electron chi connectivity index (χ3n) is 2.48. The summed E-state index contributed by atoms with van der Waals surface area (Å²) in [6.07, 6.45) is 0. The van der Waals surface area contributed by atoms with Crippen LogP contribution in [0.5, 0.6) is 5.75 Å². The number of carboxylic acids is 1. The fourth-order valence-electron chi connectivity index (χ4n) is 1.36. The quantitative estimate of drug-likeness (QED) is 0.868. The van der Waals surface area contributed by atoms with Crippen LogP contribution in [0.2, 0.25) is 5.02 Å². The number of hydrogen-bond donors (Lipinski definition) is 2. The molecule has 0 aliphatic rings. The highest BCUT2D eigenvalue weighted by molar-refractivity contribution is 6.30. The number of benzene rings is 1. The summed E-state index contributed by atoms with van der Waals surface area (Å²) in [5.74, 6) is -1.07. The fourth-order valence-corrected chi connectivity index (χ4v) is 1.58. The second-order valence-corrected chi connectivity index (χ2v) is 5.11. The number of hydrogen-bond acceptors (Lipinski definition) is 3. The van der Waals surface area contributed by atoms with Crippen LogP contribution in [0.1, 0.15) is 19.4 Å². The number of aliphatic carboxylic acids is 1. The van der Waals surface area contributed by atoms with Gasteiger partial charge >= 0.3 is 5.97 Å². The lowest BCUT2D eigenvalue weighted by molar-refractivity contribution is -0.146. The number of amides is 1. The van der Waals surface area contributed by atoms with Gasteiger partial charge in [0, 0.05) is 5.02 Å². The van der Waals surface area contributed by atoms with Gasteiger partial charge in [0.25, 0.3) is 5.91 Å². The van der Waals surface area contributed by atoms with E-state index in [0.29, 0.717) is 10.8 Å². The van der Waals surface area contributed by atoms with Crippen molar-refractivity contribution in [3.05, 3.63) is 28.8 Å². The largest absolute Gasteiger partial charge is 0.484 e. The third kappa shape index (κ3) is 4.44. The van der Waals surface area contributed by atoms with Crippen molar-refractivity contribution in [2.24, 2.45) is 0 Å². The zero-order chi connectivity index (χ0) is 14.6. The predicted octanol–water partition coefficient (Wildman–Crippen LogP) is 2.01. The number of ether oxygens (including phenoxy) is 1. The van der Waals surface area contributed by atoms with Crippen LogP contribution in [0, 0.1) is 6.92 Å². The lowest BCUT2D eigenvalue weighted by atomic mass is 10.1. The number of carbonyl (C=O) groups excluding carboxylic acids is 1. The number of carboxylic acid groups (broad SMARTS) is 1. The van der Waals surface area contributed by atoms with Gasteiger partial charge < -0.3 is 15.2 Å². The number of nitrogens with one attached hydrogen (secondary N) is 1. The molecule has 6 heteroatoms. The minimum absolute atomic E-state index is 0.251. The van der Waals surface area contributed by atoms with Gasteiger partial charge in [0.2, 0.25) is 0 Å². The summed E-state index contributed by atoms with van der Waals surface area (Å²) in [6, 6.07) is 5.03. The van der Waals surface area contributed by atoms with Crippen molar-refractivity contribution in [1.29, 1.82) is 0 Å². The van der Waals surface area contributed by atoms with E-state index in [1.54, 1.807) is 25.1 Å². The monoisotopic (exact) mass is 285 g/mol. The van der Waals surface area contributed by atoms with Gasteiger partial charge in [-0.05, 0) is 44.5 Å². The highest BCUT2D eigenvalue weighted by Gasteiger charge is 2.28. The number of halogens is 1. The Bertz CT molecular complexity index is 499. The van der Waals surface area contributed by atoms with Crippen LogP contribution in [0.4, 0.5) is 0 Å². The Balaban J connectivity index is 2.57. The summed E-state index contributed by atoms with van der Waals surface area (Å²) in [5, 5.41) is 11.8. The Morgan fingerprint density at radius 3 is 2.58 bits per heavy atom. The molecule has 0 aliphatic heterocycles. The van der Waals surface area contributed by atoms with Gasteiger partial charge in [-0.2, -0.15) is 0 Å². The molecule has 0 radical (unpaired) electrons. The van der Waals surface area contributed by atoms with E-state index < -0.39 is 17.4 Å². The van der Waals surface area contributed by atoms with Gasteiger partial charge in [0.05, 0.1) is 0 Å². The van der Waals surface area contributed by atoms with E-state index in [9.17, 15) is 9.59 Å². The summed E-state index contributed by atoms with van der Waals surface area (Å²) in [6.45, 7) is 4.36. The van der Waals surface area contributed by atoms with Crippen molar-refractivity contribution >= 4 is 23.5 Å². The Hall–Kier alpha value is -1.75. The van der Waals surface area contributed by atoms with Crippen molar-refractivity contribution in [3.63, 3.8) is 0 Å². The van der Waals surface area contributed by atoms with Gasteiger partial charge in [-0.15, -0.1) is 0 Å². The fraction of sp³-hybridized carbons (Fsp3) is 0.385. The number of carbonyl (C=O) groups is 2. The van der Waals surface area contributed by atoms with Crippen LogP contribution in [0.25, 0.3) is 0 Å². The highest BCUT2D eigenvalue weighted by Crippen LogP contribution is 2.21. The Morgan fingerprint density at radius 2 is 2.05 bits per heavy atom.